The Morgan fingerprint density at radius 1 is 0.973 bits per heavy atom. The molecule has 1 heterocycles. The van der Waals surface area contributed by atoms with Crippen LogP contribution in [0.25, 0.3) is 11.1 Å². The van der Waals surface area contributed by atoms with Crippen LogP contribution in [0, 0.1) is 13.8 Å². The fraction of sp³-hybridized carbons (Fsp3) is 0.387. The minimum absolute atomic E-state index is 0.0162. The highest BCUT2D eigenvalue weighted by atomic mass is 16.5. The Balaban J connectivity index is 1.36. The van der Waals surface area contributed by atoms with Crippen LogP contribution in [0.1, 0.15) is 52.7 Å². The number of hydrogen-bond acceptors (Lipinski definition) is 6. The SMILES string of the molecule is COCCOc1cc(C)c(-c2cccc3c2CC[C@H]3Oc2ccc3c(c2)OC[C@H]3CC(=O)OC)c(C)c1. The zero-order valence-electron chi connectivity index (χ0n) is 22.0. The average molecular weight is 503 g/mol. The van der Waals surface area contributed by atoms with Crippen molar-refractivity contribution in [3.05, 3.63) is 76.3 Å². The molecule has 0 spiro atoms. The minimum Gasteiger partial charge on any atom is -0.492 e. The van der Waals surface area contributed by atoms with E-state index in [0.717, 1.165) is 35.7 Å². The lowest BCUT2D eigenvalue weighted by molar-refractivity contribution is -0.141. The Morgan fingerprint density at radius 2 is 1.78 bits per heavy atom. The van der Waals surface area contributed by atoms with Gasteiger partial charge in [0.25, 0.3) is 0 Å². The van der Waals surface area contributed by atoms with Gasteiger partial charge >= 0.3 is 5.97 Å². The molecule has 0 radical (unpaired) electrons. The second kappa shape index (κ2) is 10.9. The van der Waals surface area contributed by atoms with E-state index in [1.807, 2.05) is 18.2 Å². The lowest BCUT2D eigenvalue weighted by Gasteiger charge is -2.18. The number of aryl methyl sites for hydroxylation is 2. The van der Waals surface area contributed by atoms with Crippen LogP contribution in [-0.4, -0.2) is 40.0 Å². The Kier molecular flexibility index (Phi) is 7.38. The molecule has 0 N–H and O–H groups in total. The van der Waals surface area contributed by atoms with Gasteiger partial charge in [0, 0.05) is 24.7 Å². The first-order valence-electron chi connectivity index (χ1n) is 12.8. The molecule has 3 aromatic carbocycles. The molecule has 194 valence electrons. The Morgan fingerprint density at radius 3 is 2.54 bits per heavy atom. The van der Waals surface area contributed by atoms with E-state index in [1.165, 1.54) is 40.5 Å². The summed E-state index contributed by atoms with van der Waals surface area (Å²) in [5.41, 5.74) is 8.55. The van der Waals surface area contributed by atoms with Crippen molar-refractivity contribution >= 4 is 5.97 Å². The second-order valence-corrected chi connectivity index (χ2v) is 9.78. The summed E-state index contributed by atoms with van der Waals surface area (Å²) in [5, 5.41) is 0. The van der Waals surface area contributed by atoms with E-state index in [4.69, 9.17) is 23.7 Å². The molecule has 37 heavy (non-hydrogen) atoms. The number of carbonyl (C=O) groups excluding carboxylic acids is 1. The highest BCUT2D eigenvalue weighted by Crippen LogP contribution is 2.44. The van der Waals surface area contributed by atoms with E-state index in [2.05, 4.69) is 44.2 Å². The van der Waals surface area contributed by atoms with Gasteiger partial charge in [0.2, 0.25) is 0 Å². The number of ether oxygens (including phenoxy) is 5. The van der Waals surface area contributed by atoms with Gasteiger partial charge in [-0.1, -0.05) is 24.3 Å². The average Bonchev–Trinajstić information content (AvgIpc) is 3.48. The van der Waals surface area contributed by atoms with Crippen LogP contribution < -0.4 is 14.2 Å². The molecule has 3 aromatic rings. The molecule has 0 fully saturated rings. The van der Waals surface area contributed by atoms with Gasteiger partial charge in [-0.25, -0.2) is 0 Å². The second-order valence-electron chi connectivity index (χ2n) is 9.78. The first kappa shape index (κ1) is 25.2. The molecule has 1 aliphatic heterocycles. The van der Waals surface area contributed by atoms with Gasteiger partial charge in [0.15, 0.2) is 0 Å². The number of hydrogen-bond donors (Lipinski definition) is 0. The molecule has 2 aliphatic rings. The molecular weight excluding hydrogens is 468 g/mol. The third-order valence-corrected chi connectivity index (χ3v) is 7.33. The summed E-state index contributed by atoms with van der Waals surface area (Å²) in [6, 6.07) is 16.7. The standard InChI is InChI=1S/C31H34O6/c1-19-14-23(35-13-12-33-3)15-20(2)31(19)27-7-5-6-26-25(27)10-11-28(26)37-22-8-9-24-21(16-30(32)34-4)18-36-29(24)17-22/h5-9,14-15,17,21,28H,10-13,16,18H2,1-4H3/t21-,28-/m1/s1. The third-order valence-electron chi connectivity index (χ3n) is 7.33. The molecule has 0 saturated heterocycles. The summed E-state index contributed by atoms with van der Waals surface area (Å²) < 4.78 is 28.1. The highest BCUT2D eigenvalue weighted by molar-refractivity contribution is 5.76. The Bertz CT molecular complexity index is 1270. The van der Waals surface area contributed by atoms with Gasteiger partial charge in [0.1, 0.15) is 30.0 Å². The van der Waals surface area contributed by atoms with E-state index in [0.29, 0.717) is 26.2 Å². The quantitative estimate of drug-likeness (QED) is 0.260. The van der Waals surface area contributed by atoms with Gasteiger partial charge in [-0.15, -0.1) is 0 Å². The Hall–Kier alpha value is -3.51. The number of rotatable bonds is 9. The summed E-state index contributed by atoms with van der Waals surface area (Å²) in [4.78, 5) is 11.7. The number of carbonyl (C=O) groups is 1. The molecule has 0 aromatic heterocycles. The first-order valence-corrected chi connectivity index (χ1v) is 12.8. The van der Waals surface area contributed by atoms with E-state index in [-0.39, 0.29) is 18.0 Å². The van der Waals surface area contributed by atoms with E-state index in [1.54, 1.807) is 7.11 Å². The molecule has 2 atom stereocenters. The normalized spacial score (nSPS) is 17.6. The van der Waals surface area contributed by atoms with Crippen molar-refractivity contribution < 1.29 is 28.5 Å². The Labute approximate surface area is 218 Å². The summed E-state index contributed by atoms with van der Waals surface area (Å²) in [6.45, 7) is 5.88. The van der Waals surface area contributed by atoms with Crippen molar-refractivity contribution in [3.8, 4) is 28.4 Å². The molecule has 0 saturated carbocycles. The van der Waals surface area contributed by atoms with Crippen molar-refractivity contribution in [1.82, 2.24) is 0 Å². The van der Waals surface area contributed by atoms with Gasteiger partial charge in [0.05, 0.1) is 26.7 Å². The maximum atomic E-state index is 11.7. The zero-order valence-corrected chi connectivity index (χ0v) is 22.0. The summed E-state index contributed by atoms with van der Waals surface area (Å²) in [6.07, 6.45) is 2.19. The maximum absolute atomic E-state index is 11.7. The lowest BCUT2D eigenvalue weighted by Crippen LogP contribution is -2.09. The molecule has 6 heteroatoms. The number of esters is 1. The minimum atomic E-state index is -0.223. The molecular formula is C31H34O6. The smallest absolute Gasteiger partial charge is 0.306 e. The largest absolute Gasteiger partial charge is 0.492 e. The lowest BCUT2D eigenvalue weighted by atomic mass is 9.90. The predicted octanol–water partition coefficient (Wildman–Crippen LogP) is 6.10. The van der Waals surface area contributed by atoms with Crippen LogP contribution in [0.2, 0.25) is 0 Å². The predicted molar refractivity (Wildman–Crippen MR) is 142 cm³/mol. The first-order chi connectivity index (χ1) is 18.0. The van der Waals surface area contributed by atoms with E-state index < -0.39 is 0 Å². The summed E-state index contributed by atoms with van der Waals surface area (Å²) in [7, 11) is 3.09. The monoisotopic (exact) mass is 502 g/mol. The maximum Gasteiger partial charge on any atom is 0.306 e. The molecule has 0 unspecified atom stereocenters. The van der Waals surface area contributed by atoms with Gasteiger partial charge in [-0.2, -0.15) is 0 Å². The van der Waals surface area contributed by atoms with Crippen molar-refractivity contribution in [2.75, 3.05) is 34.0 Å². The summed E-state index contributed by atoms with van der Waals surface area (Å²) in [5.74, 6) is 2.24. The van der Waals surface area contributed by atoms with E-state index in [9.17, 15) is 4.79 Å². The van der Waals surface area contributed by atoms with Crippen LogP contribution in [0.3, 0.4) is 0 Å². The van der Waals surface area contributed by atoms with Crippen LogP contribution in [0.5, 0.6) is 17.2 Å². The van der Waals surface area contributed by atoms with Gasteiger partial charge < -0.3 is 23.7 Å². The topological polar surface area (TPSA) is 63.2 Å². The van der Waals surface area contributed by atoms with Crippen LogP contribution in [-0.2, 0) is 20.7 Å². The molecule has 6 nitrogen and oxygen atoms in total. The van der Waals surface area contributed by atoms with Gasteiger partial charge in [-0.3, -0.25) is 4.79 Å². The van der Waals surface area contributed by atoms with Crippen LogP contribution in [0.4, 0.5) is 0 Å². The van der Waals surface area contributed by atoms with Crippen molar-refractivity contribution in [1.29, 1.82) is 0 Å². The number of fused-ring (bicyclic) bond motifs is 2. The van der Waals surface area contributed by atoms with Crippen LogP contribution in [0.15, 0.2) is 48.5 Å². The summed E-state index contributed by atoms with van der Waals surface area (Å²) >= 11 is 0. The highest BCUT2D eigenvalue weighted by Gasteiger charge is 2.30. The van der Waals surface area contributed by atoms with Crippen molar-refractivity contribution in [3.63, 3.8) is 0 Å². The van der Waals surface area contributed by atoms with Gasteiger partial charge in [-0.05, 0) is 78.3 Å². The third kappa shape index (κ3) is 5.16. The molecule has 5 rings (SSSR count). The fourth-order valence-electron chi connectivity index (χ4n) is 5.60. The molecule has 0 bridgehead atoms. The van der Waals surface area contributed by atoms with Crippen molar-refractivity contribution in [2.45, 2.75) is 45.1 Å². The molecule has 1 aliphatic carbocycles. The fourth-order valence-corrected chi connectivity index (χ4v) is 5.60. The van der Waals surface area contributed by atoms with E-state index >= 15 is 0 Å². The number of methoxy groups -OCH3 is 2. The van der Waals surface area contributed by atoms with Crippen LogP contribution >= 0.6 is 0 Å². The number of benzene rings is 3. The zero-order chi connectivity index (χ0) is 25.9. The van der Waals surface area contributed by atoms with Crippen molar-refractivity contribution in [2.24, 2.45) is 0 Å². The molecule has 0 amide bonds.